The fourth-order valence-electron chi connectivity index (χ4n) is 1.62. The Kier molecular flexibility index (Phi) is 4.28. The molecule has 0 amide bonds. The molecule has 1 unspecified atom stereocenters. The summed E-state index contributed by atoms with van der Waals surface area (Å²) in [6.45, 7) is 1.80. The Bertz CT molecular complexity index is 703. The standard InChI is InChI=1S/C12H13NO4S3/c1-8(10-4-3-5-18-10)13(2)20(16,17)11-6-9(7-19-11)12(14)15/h3-8H,1-2H3,(H,14,15). The van der Waals surface area contributed by atoms with E-state index < -0.39 is 16.0 Å². The first kappa shape index (κ1) is 15.2. The number of carboxylic acids is 1. The second-order valence-electron chi connectivity index (χ2n) is 4.17. The summed E-state index contributed by atoms with van der Waals surface area (Å²) < 4.78 is 26.2. The third-order valence-electron chi connectivity index (χ3n) is 2.96. The zero-order valence-electron chi connectivity index (χ0n) is 10.8. The van der Waals surface area contributed by atoms with E-state index in [1.165, 1.54) is 34.1 Å². The number of hydrogen-bond donors (Lipinski definition) is 1. The van der Waals surface area contributed by atoms with Crippen LogP contribution in [-0.4, -0.2) is 30.8 Å². The highest BCUT2D eigenvalue weighted by Gasteiger charge is 2.28. The number of rotatable bonds is 5. The predicted octanol–water partition coefficient (Wildman–Crippen LogP) is 2.89. The minimum absolute atomic E-state index is 0.00856. The molecule has 1 N–H and O–H groups in total. The summed E-state index contributed by atoms with van der Waals surface area (Å²) in [6.07, 6.45) is 0. The summed E-state index contributed by atoms with van der Waals surface area (Å²) in [5.41, 5.74) is -0.00856. The fraction of sp³-hybridized carbons (Fsp3) is 0.250. The van der Waals surface area contributed by atoms with Gasteiger partial charge in [-0.3, -0.25) is 0 Å². The van der Waals surface area contributed by atoms with Gasteiger partial charge in [0.2, 0.25) is 0 Å². The van der Waals surface area contributed by atoms with Crippen molar-refractivity contribution in [3.8, 4) is 0 Å². The summed E-state index contributed by atoms with van der Waals surface area (Å²) in [6, 6.07) is 4.64. The van der Waals surface area contributed by atoms with Crippen LogP contribution >= 0.6 is 22.7 Å². The lowest BCUT2D eigenvalue weighted by atomic mass is 10.3. The Morgan fingerprint density at radius 1 is 1.40 bits per heavy atom. The number of carboxylic acid groups (broad SMARTS) is 1. The van der Waals surface area contributed by atoms with Gasteiger partial charge in [0.25, 0.3) is 10.0 Å². The molecule has 0 aliphatic carbocycles. The van der Waals surface area contributed by atoms with Crippen molar-refractivity contribution in [1.82, 2.24) is 4.31 Å². The minimum atomic E-state index is -3.68. The van der Waals surface area contributed by atoms with Crippen molar-refractivity contribution < 1.29 is 18.3 Å². The van der Waals surface area contributed by atoms with Gasteiger partial charge in [-0.2, -0.15) is 4.31 Å². The van der Waals surface area contributed by atoms with Crippen molar-refractivity contribution in [2.45, 2.75) is 17.2 Å². The lowest BCUT2D eigenvalue weighted by molar-refractivity contribution is 0.0697. The Morgan fingerprint density at radius 3 is 2.60 bits per heavy atom. The van der Waals surface area contributed by atoms with E-state index in [9.17, 15) is 13.2 Å². The molecule has 0 aliphatic heterocycles. The molecule has 5 nitrogen and oxygen atoms in total. The first-order chi connectivity index (χ1) is 9.34. The zero-order valence-corrected chi connectivity index (χ0v) is 13.3. The summed E-state index contributed by atoms with van der Waals surface area (Å²) >= 11 is 2.40. The van der Waals surface area contributed by atoms with E-state index in [2.05, 4.69) is 0 Å². The Morgan fingerprint density at radius 2 is 2.10 bits per heavy atom. The molecule has 20 heavy (non-hydrogen) atoms. The van der Waals surface area contributed by atoms with Gasteiger partial charge >= 0.3 is 5.97 Å². The van der Waals surface area contributed by atoms with Crippen molar-refractivity contribution >= 4 is 38.7 Å². The van der Waals surface area contributed by atoms with Crippen LogP contribution in [0.25, 0.3) is 0 Å². The first-order valence-corrected chi connectivity index (χ1v) is 8.87. The van der Waals surface area contributed by atoms with Crippen LogP contribution in [0.2, 0.25) is 0 Å². The SMILES string of the molecule is CC(c1cccs1)N(C)S(=O)(=O)c1cc(C(=O)O)cs1. The second kappa shape index (κ2) is 5.65. The molecule has 2 aromatic rings. The third-order valence-corrected chi connectivity index (χ3v) is 7.34. The molecule has 0 saturated carbocycles. The maximum Gasteiger partial charge on any atom is 0.336 e. The smallest absolute Gasteiger partial charge is 0.336 e. The highest BCUT2D eigenvalue weighted by atomic mass is 32.2. The largest absolute Gasteiger partial charge is 0.478 e. The van der Waals surface area contributed by atoms with Gasteiger partial charge in [-0.25, -0.2) is 13.2 Å². The van der Waals surface area contributed by atoms with Gasteiger partial charge in [-0.05, 0) is 24.4 Å². The molecular formula is C12H13NO4S3. The van der Waals surface area contributed by atoms with E-state index >= 15 is 0 Å². The summed E-state index contributed by atoms with van der Waals surface area (Å²) in [5, 5.41) is 12.1. The predicted molar refractivity (Wildman–Crippen MR) is 79.0 cm³/mol. The van der Waals surface area contributed by atoms with Crippen LogP contribution in [0.1, 0.15) is 28.2 Å². The molecule has 0 radical (unpaired) electrons. The summed E-state index contributed by atoms with van der Waals surface area (Å²) in [5.74, 6) is -1.13. The van der Waals surface area contributed by atoms with Gasteiger partial charge in [0, 0.05) is 17.3 Å². The van der Waals surface area contributed by atoms with E-state index in [1.807, 2.05) is 17.5 Å². The maximum atomic E-state index is 12.5. The van der Waals surface area contributed by atoms with Crippen molar-refractivity contribution in [1.29, 1.82) is 0 Å². The van der Waals surface area contributed by atoms with Crippen LogP contribution in [0.3, 0.4) is 0 Å². The van der Waals surface area contributed by atoms with Crippen molar-refractivity contribution in [2.24, 2.45) is 0 Å². The van der Waals surface area contributed by atoms with Gasteiger partial charge in [0.05, 0.1) is 11.6 Å². The quantitative estimate of drug-likeness (QED) is 0.914. The number of thiophene rings is 2. The monoisotopic (exact) mass is 331 g/mol. The molecule has 0 fully saturated rings. The average molecular weight is 331 g/mol. The zero-order chi connectivity index (χ0) is 14.9. The van der Waals surface area contributed by atoms with E-state index in [0.29, 0.717) is 0 Å². The molecular weight excluding hydrogens is 318 g/mol. The first-order valence-electron chi connectivity index (χ1n) is 5.67. The van der Waals surface area contributed by atoms with Gasteiger partial charge in [-0.15, -0.1) is 22.7 Å². The highest BCUT2D eigenvalue weighted by Crippen LogP contribution is 2.31. The van der Waals surface area contributed by atoms with Crippen LogP contribution in [0.15, 0.2) is 33.2 Å². The molecule has 0 bridgehead atoms. The van der Waals surface area contributed by atoms with Crippen molar-refractivity contribution in [3.05, 3.63) is 39.4 Å². The van der Waals surface area contributed by atoms with Crippen LogP contribution in [-0.2, 0) is 10.0 Å². The second-order valence-corrected chi connectivity index (χ2v) is 8.29. The Labute approximate surface area is 125 Å². The normalized spacial score (nSPS) is 13.6. The Hall–Kier alpha value is -1.22. The van der Waals surface area contributed by atoms with E-state index in [4.69, 9.17) is 5.11 Å². The molecule has 0 aromatic carbocycles. The van der Waals surface area contributed by atoms with Gasteiger partial charge in [0.15, 0.2) is 0 Å². The van der Waals surface area contributed by atoms with E-state index in [-0.39, 0.29) is 15.8 Å². The third kappa shape index (κ3) is 2.78. The molecule has 2 rings (SSSR count). The fourth-order valence-corrected chi connectivity index (χ4v) is 5.20. The Balaban J connectivity index is 2.31. The van der Waals surface area contributed by atoms with Crippen LogP contribution < -0.4 is 0 Å². The molecule has 108 valence electrons. The van der Waals surface area contributed by atoms with Crippen LogP contribution in [0, 0.1) is 0 Å². The van der Waals surface area contributed by atoms with E-state index in [1.54, 1.807) is 6.92 Å². The van der Waals surface area contributed by atoms with E-state index in [0.717, 1.165) is 16.2 Å². The number of aromatic carboxylic acids is 1. The minimum Gasteiger partial charge on any atom is -0.478 e. The lowest BCUT2D eigenvalue weighted by Gasteiger charge is -2.22. The number of sulfonamides is 1. The highest BCUT2D eigenvalue weighted by molar-refractivity contribution is 7.91. The summed E-state index contributed by atoms with van der Waals surface area (Å²) in [7, 11) is -2.18. The summed E-state index contributed by atoms with van der Waals surface area (Å²) in [4.78, 5) is 11.8. The van der Waals surface area contributed by atoms with Crippen molar-refractivity contribution in [2.75, 3.05) is 7.05 Å². The number of nitrogens with zero attached hydrogens (tertiary/aromatic N) is 1. The molecule has 2 aromatic heterocycles. The molecule has 1 atom stereocenters. The topological polar surface area (TPSA) is 74.7 Å². The number of carbonyl (C=O) groups is 1. The molecule has 0 spiro atoms. The molecule has 0 aliphatic rings. The van der Waals surface area contributed by atoms with Crippen LogP contribution in [0.4, 0.5) is 0 Å². The molecule has 2 heterocycles. The van der Waals surface area contributed by atoms with Crippen molar-refractivity contribution in [3.63, 3.8) is 0 Å². The van der Waals surface area contributed by atoms with Gasteiger partial charge < -0.3 is 5.11 Å². The van der Waals surface area contributed by atoms with Gasteiger partial charge in [0.1, 0.15) is 4.21 Å². The molecule has 8 heteroatoms. The van der Waals surface area contributed by atoms with Gasteiger partial charge in [-0.1, -0.05) is 6.07 Å². The maximum absolute atomic E-state index is 12.5. The molecule has 0 saturated heterocycles. The lowest BCUT2D eigenvalue weighted by Crippen LogP contribution is -2.28. The average Bonchev–Trinajstić information content (AvgIpc) is 3.07. The van der Waals surface area contributed by atoms with Crippen LogP contribution in [0.5, 0.6) is 0 Å². The number of hydrogen-bond acceptors (Lipinski definition) is 5.